The molecule has 1 heterocycles. The summed E-state index contributed by atoms with van der Waals surface area (Å²) in [5.74, 6) is -1.50. The van der Waals surface area contributed by atoms with E-state index in [0.29, 0.717) is 26.2 Å². The van der Waals surface area contributed by atoms with Gasteiger partial charge in [-0.25, -0.2) is 4.79 Å². The molecule has 0 spiro atoms. The van der Waals surface area contributed by atoms with Gasteiger partial charge in [0, 0.05) is 32.8 Å². The lowest BCUT2D eigenvalue weighted by atomic mass is 10.1. The van der Waals surface area contributed by atoms with Gasteiger partial charge in [0.25, 0.3) is 0 Å². The highest BCUT2D eigenvalue weighted by molar-refractivity contribution is 5.91. The number of hydrogen-bond donors (Lipinski definition) is 2. The first-order valence-electron chi connectivity index (χ1n) is 7.10. The highest BCUT2D eigenvalue weighted by atomic mass is 16.5. The number of methoxy groups -OCH3 is 1. The van der Waals surface area contributed by atoms with Gasteiger partial charge in [-0.1, -0.05) is 0 Å². The van der Waals surface area contributed by atoms with Crippen molar-refractivity contribution in [1.29, 1.82) is 0 Å². The summed E-state index contributed by atoms with van der Waals surface area (Å²) < 4.78 is 5.01. The molecule has 118 valence electrons. The molecule has 2 aliphatic rings. The monoisotopic (exact) mass is 299 g/mol. The highest BCUT2D eigenvalue weighted by Gasteiger charge is 2.40. The third kappa shape index (κ3) is 3.84. The molecule has 1 saturated heterocycles. The normalized spacial score (nSPS) is 21.9. The predicted octanol–water partition coefficient (Wildman–Crippen LogP) is -0.508. The third-order valence-corrected chi connectivity index (χ3v) is 3.71. The molecule has 0 aromatic carbocycles. The van der Waals surface area contributed by atoms with E-state index in [9.17, 15) is 14.4 Å². The summed E-state index contributed by atoms with van der Waals surface area (Å²) >= 11 is 0. The number of ether oxygens (including phenoxy) is 1. The van der Waals surface area contributed by atoms with Gasteiger partial charge >= 0.3 is 12.0 Å². The van der Waals surface area contributed by atoms with Gasteiger partial charge in [-0.2, -0.15) is 0 Å². The van der Waals surface area contributed by atoms with E-state index in [4.69, 9.17) is 9.84 Å². The van der Waals surface area contributed by atoms with E-state index in [0.717, 1.165) is 12.8 Å². The topological polar surface area (TPSA) is 99.2 Å². The highest BCUT2D eigenvalue weighted by Crippen LogP contribution is 2.28. The van der Waals surface area contributed by atoms with E-state index >= 15 is 0 Å². The SMILES string of the molecule is COCCN(C(=O)N1CCNC(=O)C1CC(=O)O)C1CC1. The van der Waals surface area contributed by atoms with E-state index in [1.54, 1.807) is 12.0 Å². The summed E-state index contributed by atoms with van der Waals surface area (Å²) in [6.45, 7) is 1.56. The standard InChI is InChI=1S/C13H21N3O5/c1-21-7-6-15(9-2-3-9)13(20)16-5-4-14-12(19)10(16)8-11(17)18/h9-10H,2-8H2,1H3,(H,14,19)(H,17,18). The Labute approximate surface area is 123 Å². The molecular weight excluding hydrogens is 278 g/mol. The molecule has 8 nitrogen and oxygen atoms in total. The van der Waals surface area contributed by atoms with Crippen LogP contribution in [0.25, 0.3) is 0 Å². The molecule has 0 bridgehead atoms. The molecule has 1 unspecified atom stereocenters. The van der Waals surface area contributed by atoms with Gasteiger partial charge in [-0.05, 0) is 12.8 Å². The zero-order valence-corrected chi connectivity index (χ0v) is 12.1. The zero-order valence-electron chi connectivity index (χ0n) is 12.1. The first kappa shape index (κ1) is 15.6. The number of carboxylic acid groups (broad SMARTS) is 1. The van der Waals surface area contributed by atoms with Gasteiger partial charge in [0.05, 0.1) is 13.0 Å². The average Bonchev–Trinajstić information content (AvgIpc) is 3.25. The fourth-order valence-corrected chi connectivity index (χ4v) is 2.49. The van der Waals surface area contributed by atoms with Crippen molar-refractivity contribution >= 4 is 17.9 Å². The van der Waals surface area contributed by atoms with Crippen molar-refractivity contribution in [3.63, 3.8) is 0 Å². The van der Waals surface area contributed by atoms with Gasteiger partial charge in [-0.15, -0.1) is 0 Å². The molecule has 1 saturated carbocycles. The molecular formula is C13H21N3O5. The molecule has 2 fully saturated rings. The molecule has 0 aromatic rings. The minimum absolute atomic E-state index is 0.183. The van der Waals surface area contributed by atoms with E-state index < -0.39 is 17.9 Å². The molecule has 1 aliphatic heterocycles. The number of piperazine rings is 1. The summed E-state index contributed by atoms with van der Waals surface area (Å²) in [6.07, 6.45) is 1.51. The Balaban J connectivity index is 2.09. The Bertz CT molecular complexity index is 424. The molecule has 2 N–H and O–H groups in total. The van der Waals surface area contributed by atoms with E-state index in [2.05, 4.69) is 5.32 Å². The lowest BCUT2D eigenvalue weighted by molar-refractivity contribution is -0.142. The predicted molar refractivity (Wildman–Crippen MR) is 72.8 cm³/mol. The number of carboxylic acids is 1. The Morgan fingerprint density at radius 2 is 2.19 bits per heavy atom. The molecule has 8 heteroatoms. The van der Waals surface area contributed by atoms with Gasteiger partial charge in [0.1, 0.15) is 6.04 Å². The summed E-state index contributed by atoms with van der Waals surface area (Å²) in [4.78, 5) is 38.5. The molecule has 2 rings (SSSR count). The van der Waals surface area contributed by atoms with Crippen LogP contribution < -0.4 is 5.32 Å². The van der Waals surface area contributed by atoms with Crippen molar-refractivity contribution < 1.29 is 24.2 Å². The third-order valence-electron chi connectivity index (χ3n) is 3.71. The molecule has 1 aliphatic carbocycles. The number of amides is 3. The number of carbonyl (C=O) groups excluding carboxylic acids is 2. The maximum atomic E-state index is 12.6. The van der Waals surface area contributed by atoms with Crippen molar-refractivity contribution in [2.75, 3.05) is 33.4 Å². The lowest BCUT2D eigenvalue weighted by Crippen LogP contribution is -2.61. The summed E-state index contributed by atoms with van der Waals surface area (Å²) in [7, 11) is 1.57. The van der Waals surface area contributed by atoms with Crippen LogP contribution in [0.2, 0.25) is 0 Å². The first-order chi connectivity index (χ1) is 10.0. The summed E-state index contributed by atoms with van der Waals surface area (Å²) in [5.41, 5.74) is 0. The molecule has 21 heavy (non-hydrogen) atoms. The second-order valence-electron chi connectivity index (χ2n) is 5.30. The minimum atomic E-state index is -1.09. The Kier molecular flexibility index (Phi) is 5.00. The van der Waals surface area contributed by atoms with Crippen molar-refractivity contribution in [2.45, 2.75) is 31.3 Å². The Hall–Kier alpha value is -1.83. The van der Waals surface area contributed by atoms with Gasteiger partial charge in [0.15, 0.2) is 0 Å². The average molecular weight is 299 g/mol. The van der Waals surface area contributed by atoms with Crippen LogP contribution in [-0.4, -0.2) is 78.2 Å². The number of urea groups is 1. The fourth-order valence-electron chi connectivity index (χ4n) is 2.49. The van der Waals surface area contributed by atoms with Crippen LogP contribution in [0.4, 0.5) is 4.79 Å². The van der Waals surface area contributed by atoms with Gasteiger partial charge in [0.2, 0.25) is 5.91 Å². The maximum absolute atomic E-state index is 12.6. The molecule has 3 amide bonds. The minimum Gasteiger partial charge on any atom is -0.481 e. The van der Waals surface area contributed by atoms with Crippen molar-refractivity contribution in [1.82, 2.24) is 15.1 Å². The van der Waals surface area contributed by atoms with Crippen molar-refractivity contribution in [3.8, 4) is 0 Å². The number of rotatable bonds is 6. The van der Waals surface area contributed by atoms with Crippen molar-refractivity contribution in [3.05, 3.63) is 0 Å². The second kappa shape index (κ2) is 6.75. The number of nitrogens with zero attached hydrogens (tertiary/aromatic N) is 2. The van der Waals surface area contributed by atoms with Gasteiger partial charge < -0.3 is 25.0 Å². The lowest BCUT2D eigenvalue weighted by Gasteiger charge is -2.38. The maximum Gasteiger partial charge on any atom is 0.321 e. The van der Waals surface area contributed by atoms with Crippen LogP contribution >= 0.6 is 0 Å². The van der Waals surface area contributed by atoms with Crippen LogP contribution in [0.1, 0.15) is 19.3 Å². The molecule has 0 radical (unpaired) electrons. The van der Waals surface area contributed by atoms with E-state index in [1.807, 2.05) is 0 Å². The van der Waals surface area contributed by atoms with Crippen molar-refractivity contribution in [2.24, 2.45) is 0 Å². The Morgan fingerprint density at radius 1 is 1.48 bits per heavy atom. The van der Waals surface area contributed by atoms with Gasteiger partial charge in [-0.3, -0.25) is 9.59 Å². The zero-order chi connectivity index (χ0) is 15.4. The first-order valence-corrected chi connectivity index (χ1v) is 7.10. The smallest absolute Gasteiger partial charge is 0.321 e. The molecule has 1 atom stereocenters. The number of nitrogens with one attached hydrogen (secondary N) is 1. The van der Waals surface area contributed by atoms with Crippen LogP contribution in [0.15, 0.2) is 0 Å². The quantitative estimate of drug-likeness (QED) is 0.688. The Morgan fingerprint density at radius 3 is 2.76 bits per heavy atom. The van der Waals surface area contributed by atoms with Crippen LogP contribution in [0, 0.1) is 0 Å². The van der Waals surface area contributed by atoms with E-state index in [1.165, 1.54) is 4.90 Å². The summed E-state index contributed by atoms with van der Waals surface area (Å²) in [6, 6.07) is -1.02. The van der Waals surface area contributed by atoms with Crippen LogP contribution in [-0.2, 0) is 14.3 Å². The van der Waals surface area contributed by atoms with Crippen LogP contribution in [0.3, 0.4) is 0 Å². The fraction of sp³-hybridized carbons (Fsp3) is 0.769. The molecule has 0 aromatic heterocycles. The number of carbonyl (C=O) groups is 3. The largest absolute Gasteiger partial charge is 0.481 e. The second-order valence-corrected chi connectivity index (χ2v) is 5.30. The summed E-state index contributed by atoms with van der Waals surface area (Å²) in [5, 5.41) is 11.5. The van der Waals surface area contributed by atoms with E-state index in [-0.39, 0.29) is 18.5 Å². The van der Waals surface area contributed by atoms with Crippen LogP contribution in [0.5, 0.6) is 0 Å². The number of hydrogen-bond acceptors (Lipinski definition) is 4. The number of aliphatic carboxylic acids is 1.